The Morgan fingerprint density at radius 3 is 2.44 bits per heavy atom. The van der Waals surface area contributed by atoms with Gasteiger partial charge in [0.2, 0.25) is 5.91 Å². The van der Waals surface area contributed by atoms with Gasteiger partial charge in [-0.15, -0.1) is 0 Å². The molecule has 0 aliphatic heterocycles. The molecule has 0 aliphatic rings. The lowest BCUT2D eigenvalue weighted by Crippen LogP contribution is -2.42. The highest BCUT2D eigenvalue weighted by atomic mass is 32.2. The highest BCUT2D eigenvalue weighted by Crippen LogP contribution is 2.18. The number of thioether (sulfide) groups is 1. The van der Waals surface area contributed by atoms with Crippen LogP contribution in [0.15, 0.2) is 58.5 Å². The third-order valence-corrected chi connectivity index (χ3v) is 6.52. The zero-order valence-electron chi connectivity index (χ0n) is 19.8. The van der Waals surface area contributed by atoms with Crippen LogP contribution in [0.2, 0.25) is 0 Å². The van der Waals surface area contributed by atoms with Crippen LogP contribution in [0.4, 0.5) is 0 Å². The van der Waals surface area contributed by atoms with Crippen molar-refractivity contribution < 1.29 is 9.59 Å². The van der Waals surface area contributed by atoms with Crippen molar-refractivity contribution in [1.82, 2.24) is 25.3 Å². The number of carbonyl (C=O) groups is 2. The molecule has 0 unspecified atom stereocenters. The minimum atomic E-state index is -0.393. The summed E-state index contributed by atoms with van der Waals surface area (Å²) in [4.78, 5) is 44.7. The summed E-state index contributed by atoms with van der Waals surface area (Å²) in [5.74, 6) is -0.771. The Labute approximate surface area is 203 Å². The van der Waals surface area contributed by atoms with E-state index in [1.165, 1.54) is 11.8 Å². The molecule has 0 radical (unpaired) electrons. The van der Waals surface area contributed by atoms with Gasteiger partial charge >= 0.3 is 0 Å². The first-order chi connectivity index (χ1) is 16.4. The first-order valence-electron chi connectivity index (χ1n) is 11.4. The second-order valence-corrected chi connectivity index (χ2v) is 8.85. The summed E-state index contributed by atoms with van der Waals surface area (Å²) in [6.45, 7) is 9.47. The van der Waals surface area contributed by atoms with Crippen LogP contribution in [-0.2, 0) is 11.3 Å². The third kappa shape index (κ3) is 6.68. The standard InChI is InChI=1S/C25H31N5O3S/c1-4-29(5-2)15-8-16-30-24(33)20-9-6-7-10-21(20)26-25(30)34-17-22(31)27-28-23(32)19-13-11-18(3)12-14-19/h6-7,9-14H,4-5,8,15-17H2,1-3H3,(H,27,31)(H,28,32). The Balaban J connectivity index is 1.67. The summed E-state index contributed by atoms with van der Waals surface area (Å²) in [6.07, 6.45) is 0.800. The van der Waals surface area contributed by atoms with Crippen LogP contribution in [-0.4, -0.2) is 51.7 Å². The van der Waals surface area contributed by atoms with Crippen molar-refractivity contribution in [2.75, 3.05) is 25.4 Å². The molecule has 2 amide bonds. The third-order valence-electron chi connectivity index (χ3n) is 5.54. The van der Waals surface area contributed by atoms with Crippen molar-refractivity contribution >= 4 is 34.5 Å². The van der Waals surface area contributed by atoms with Gasteiger partial charge < -0.3 is 4.90 Å². The first-order valence-corrected chi connectivity index (χ1v) is 12.4. The molecule has 0 bridgehead atoms. The second kappa shape index (κ2) is 12.3. The molecule has 9 heteroatoms. The maximum atomic E-state index is 13.1. The minimum Gasteiger partial charge on any atom is -0.304 e. The summed E-state index contributed by atoms with van der Waals surface area (Å²) < 4.78 is 1.65. The number of nitrogens with one attached hydrogen (secondary N) is 2. The smallest absolute Gasteiger partial charge is 0.269 e. The van der Waals surface area contributed by atoms with Gasteiger partial charge in [0.05, 0.1) is 16.7 Å². The Kier molecular flexibility index (Phi) is 9.24. The van der Waals surface area contributed by atoms with Crippen LogP contribution >= 0.6 is 11.8 Å². The molecule has 34 heavy (non-hydrogen) atoms. The average molecular weight is 482 g/mol. The minimum absolute atomic E-state index is 0.00893. The molecule has 8 nitrogen and oxygen atoms in total. The van der Waals surface area contributed by atoms with Crippen molar-refractivity contribution in [2.45, 2.75) is 38.9 Å². The fraction of sp³-hybridized carbons (Fsp3) is 0.360. The van der Waals surface area contributed by atoms with Crippen LogP contribution in [0.3, 0.4) is 0 Å². The van der Waals surface area contributed by atoms with Crippen molar-refractivity contribution in [2.24, 2.45) is 0 Å². The molecule has 0 fully saturated rings. The van der Waals surface area contributed by atoms with E-state index < -0.39 is 5.91 Å². The molecule has 0 saturated carbocycles. The molecule has 3 aromatic rings. The summed E-state index contributed by atoms with van der Waals surface area (Å²) in [6, 6.07) is 14.3. The molecule has 0 saturated heterocycles. The summed E-state index contributed by atoms with van der Waals surface area (Å²) in [7, 11) is 0. The fourth-order valence-corrected chi connectivity index (χ4v) is 4.34. The molecule has 2 aromatic carbocycles. The number of aromatic nitrogens is 2. The zero-order chi connectivity index (χ0) is 24.5. The van der Waals surface area contributed by atoms with Crippen LogP contribution in [0.1, 0.15) is 36.2 Å². The number of rotatable bonds is 10. The lowest BCUT2D eigenvalue weighted by Gasteiger charge is -2.19. The molecule has 1 heterocycles. The predicted octanol–water partition coefficient (Wildman–Crippen LogP) is 2.99. The van der Waals surface area contributed by atoms with Crippen molar-refractivity contribution in [1.29, 1.82) is 0 Å². The molecule has 0 atom stereocenters. The van der Waals surface area contributed by atoms with E-state index in [0.29, 0.717) is 28.2 Å². The van der Waals surface area contributed by atoms with Gasteiger partial charge in [0.25, 0.3) is 11.5 Å². The average Bonchev–Trinajstić information content (AvgIpc) is 2.85. The largest absolute Gasteiger partial charge is 0.304 e. The van der Waals surface area contributed by atoms with E-state index in [1.54, 1.807) is 28.8 Å². The van der Waals surface area contributed by atoms with Crippen LogP contribution in [0.5, 0.6) is 0 Å². The SMILES string of the molecule is CCN(CC)CCCn1c(SCC(=O)NNC(=O)c2ccc(C)cc2)nc2ccccc2c1=O. The molecule has 0 spiro atoms. The van der Waals surface area contributed by atoms with E-state index in [4.69, 9.17) is 0 Å². The van der Waals surface area contributed by atoms with E-state index in [9.17, 15) is 14.4 Å². The fourth-order valence-electron chi connectivity index (χ4n) is 3.52. The van der Waals surface area contributed by atoms with Gasteiger partial charge in [-0.25, -0.2) is 4.98 Å². The maximum absolute atomic E-state index is 13.1. The van der Waals surface area contributed by atoms with Gasteiger partial charge in [0, 0.05) is 12.1 Å². The lowest BCUT2D eigenvalue weighted by atomic mass is 10.1. The number of fused-ring (bicyclic) bond motifs is 1. The monoisotopic (exact) mass is 481 g/mol. The zero-order valence-corrected chi connectivity index (χ0v) is 20.7. The molecular formula is C25H31N5O3S. The number of hydrogen-bond donors (Lipinski definition) is 2. The van der Waals surface area contributed by atoms with Crippen molar-refractivity contribution in [3.05, 3.63) is 70.0 Å². The molecule has 2 N–H and O–H groups in total. The highest BCUT2D eigenvalue weighted by molar-refractivity contribution is 7.99. The Morgan fingerprint density at radius 2 is 1.74 bits per heavy atom. The Hall–Kier alpha value is -3.17. The number of hydrazine groups is 1. The van der Waals surface area contributed by atoms with Gasteiger partial charge in [0.1, 0.15) is 0 Å². The van der Waals surface area contributed by atoms with Gasteiger partial charge in [-0.3, -0.25) is 29.8 Å². The Morgan fingerprint density at radius 1 is 1.03 bits per heavy atom. The topological polar surface area (TPSA) is 96.3 Å². The second-order valence-electron chi connectivity index (χ2n) is 7.91. The number of hydrogen-bond acceptors (Lipinski definition) is 6. The van der Waals surface area contributed by atoms with Crippen LogP contribution < -0.4 is 16.4 Å². The lowest BCUT2D eigenvalue weighted by molar-refractivity contribution is -0.119. The van der Waals surface area contributed by atoms with Gasteiger partial charge in [0.15, 0.2) is 5.16 Å². The molecule has 180 valence electrons. The molecule has 3 rings (SSSR count). The highest BCUT2D eigenvalue weighted by Gasteiger charge is 2.14. The van der Waals surface area contributed by atoms with Gasteiger partial charge in [-0.05, 0) is 57.2 Å². The summed E-state index contributed by atoms with van der Waals surface area (Å²) in [5.41, 5.74) is 6.84. The number of para-hydroxylation sites is 1. The first kappa shape index (κ1) is 25.5. The normalized spacial score (nSPS) is 11.1. The van der Waals surface area contributed by atoms with Gasteiger partial charge in [-0.1, -0.05) is 55.4 Å². The quantitative estimate of drug-likeness (QED) is 0.263. The van der Waals surface area contributed by atoms with E-state index in [2.05, 4.69) is 34.6 Å². The number of benzene rings is 2. The van der Waals surface area contributed by atoms with Crippen molar-refractivity contribution in [3.63, 3.8) is 0 Å². The number of carbonyl (C=O) groups excluding carboxylic acids is 2. The van der Waals surface area contributed by atoms with Gasteiger partial charge in [-0.2, -0.15) is 0 Å². The van der Waals surface area contributed by atoms with E-state index >= 15 is 0 Å². The van der Waals surface area contributed by atoms with Crippen molar-refractivity contribution in [3.8, 4) is 0 Å². The maximum Gasteiger partial charge on any atom is 0.269 e. The van der Waals surface area contributed by atoms with E-state index in [1.807, 2.05) is 31.2 Å². The summed E-state index contributed by atoms with van der Waals surface area (Å²) >= 11 is 1.18. The number of aryl methyl sites for hydroxylation is 1. The number of amides is 2. The van der Waals surface area contributed by atoms with Crippen LogP contribution in [0, 0.1) is 6.92 Å². The molecular weight excluding hydrogens is 450 g/mol. The van der Waals surface area contributed by atoms with E-state index in [-0.39, 0.29) is 17.2 Å². The summed E-state index contributed by atoms with van der Waals surface area (Å²) in [5, 5.41) is 1.05. The Bertz CT molecular complexity index is 1190. The predicted molar refractivity (Wildman–Crippen MR) is 136 cm³/mol. The number of nitrogens with zero attached hydrogens (tertiary/aromatic N) is 3. The molecule has 0 aliphatic carbocycles. The van der Waals surface area contributed by atoms with Crippen LogP contribution in [0.25, 0.3) is 10.9 Å². The van der Waals surface area contributed by atoms with E-state index in [0.717, 1.165) is 31.6 Å². The molecule has 1 aromatic heterocycles.